The van der Waals surface area contributed by atoms with E-state index in [1.165, 1.54) is 11.5 Å². The first-order valence-corrected chi connectivity index (χ1v) is 11.0. The number of benzene rings is 2. The number of rotatable bonds is 4. The van der Waals surface area contributed by atoms with Gasteiger partial charge < -0.3 is 10.8 Å². The molecule has 8 nitrogen and oxygen atoms in total. The minimum absolute atomic E-state index is 0.00725. The Bertz CT molecular complexity index is 1540. The summed E-state index contributed by atoms with van der Waals surface area (Å²) in [7, 11) is -5.53. The third kappa shape index (κ3) is 3.71. The number of sulfone groups is 1. The first-order chi connectivity index (χ1) is 15.4. The van der Waals surface area contributed by atoms with Crippen LogP contribution in [-0.4, -0.2) is 33.2 Å². The van der Waals surface area contributed by atoms with Crippen LogP contribution in [0.2, 0.25) is 0 Å². The fourth-order valence-electron chi connectivity index (χ4n) is 3.50. The van der Waals surface area contributed by atoms with E-state index in [2.05, 4.69) is 4.98 Å². The Hall–Kier alpha value is -3.80. The smallest absolute Gasteiger partial charge is 0.493 e. The normalized spacial score (nSPS) is 12.4. The second-order valence-electron chi connectivity index (χ2n) is 7.30. The lowest BCUT2D eigenvalue weighted by atomic mass is 10.1. The van der Waals surface area contributed by atoms with Gasteiger partial charge in [0, 0.05) is 17.3 Å². The first-order valence-electron chi connectivity index (χ1n) is 9.48. The standard InChI is InChI=1S/C21H17F3N4O4S/c1-12-19(29)28(15-3-5-16(6-4-15)33(31,32)21(22,23)24)20(30)27(12)11-13-8-9-26-18-10-14(25)2-7-17(13)18/h2-10,29H,11,25H2,1H3. The summed E-state index contributed by atoms with van der Waals surface area (Å²) in [6.07, 6.45) is 1.56. The molecule has 0 aliphatic rings. The van der Waals surface area contributed by atoms with Crippen molar-refractivity contribution >= 4 is 26.4 Å². The number of anilines is 1. The number of pyridine rings is 1. The third-order valence-corrected chi connectivity index (χ3v) is 6.76. The summed E-state index contributed by atoms with van der Waals surface area (Å²) in [5.41, 5.74) is 1.79. The summed E-state index contributed by atoms with van der Waals surface area (Å²) >= 11 is 0. The lowest BCUT2D eigenvalue weighted by Gasteiger charge is -2.09. The highest BCUT2D eigenvalue weighted by molar-refractivity contribution is 7.92. The zero-order chi connectivity index (χ0) is 24.1. The molecular formula is C21H17F3N4O4S. The molecule has 2 heterocycles. The topological polar surface area (TPSA) is 120 Å². The van der Waals surface area contributed by atoms with Crippen molar-refractivity contribution in [1.82, 2.24) is 14.1 Å². The van der Waals surface area contributed by atoms with Crippen molar-refractivity contribution in [2.24, 2.45) is 0 Å². The Balaban J connectivity index is 1.77. The maximum Gasteiger partial charge on any atom is 0.501 e. The van der Waals surface area contributed by atoms with Crippen LogP contribution >= 0.6 is 0 Å². The number of aromatic nitrogens is 3. The molecule has 0 saturated heterocycles. The summed E-state index contributed by atoms with van der Waals surface area (Å²) in [5.74, 6) is -0.422. The second-order valence-corrected chi connectivity index (χ2v) is 9.24. The van der Waals surface area contributed by atoms with Gasteiger partial charge in [0.05, 0.1) is 28.3 Å². The van der Waals surface area contributed by atoms with E-state index in [1.54, 1.807) is 30.5 Å². The predicted octanol–water partition coefficient (Wildman–Crippen LogP) is 3.13. The summed E-state index contributed by atoms with van der Waals surface area (Å²) in [4.78, 5) is 16.4. The number of aromatic hydroxyl groups is 1. The Labute approximate surface area is 185 Å². The maximum absolute atomic E-state index is 13.1. The Morgan fingerprint density at radius 1 is 1.09 bits per heavy atom. The molecule has 0 fully saturated rings. The van der Waals surface area contributed by atoms with Gasteiger partial charge in [-0.1, -0.05) is 6.07 Å². The van der Waals surface area contributed by atoms with Crippen LogP contribution < -0.4 is 11.4 Å². The number of nitrogen functional groups attached to an aromatic ring is 1. The summed E-state index contributed by atoms with van der Waals surface area (Å²) in [5, 5.41) is 11.3. The first kappa shape index (κ1) is 22.4. The number of hydrogen-bond donors (Lipinski definition) is 2. The Kier molecular flexibility index (Phi) is 5.20. The van der Waals surface area contributed by atoms with Gasteiger partial charge in [-0.25, -0.2) is 17.8 Å². The van der Waals surface area contributed by atoms with Gasteiger partial charge in [0.2, 0.25) is 5.88 Å². The van der Waals surface area contributed by atoms with Gasteiger partial charge in [-0.3, -0.25) is 9.55 Å². The molecule has 2 aromatic carbocycles. The molecule has 0 bridgehead atoms. The molecule has 4 aromatic rings. The Morgan fingerprint density at radius 2 is 1.76 bits per heavy atom. The van der Waals surface area contributed by atoms with Gasteiger partial charge >= 0.3 is 11.2 Å². The molecule has 0 amide bonds. The van der Waals surface area contributed by atoms with Gasteiger partial charge in [0.25, 0.3) is 9.84 Å². The zero-order valence-electron chi connectivity index (χ0n) is 17.0. The molecule has 172 valence electrons. The molecule has 0 atom stereocenters. The minimum Gasteiger partial charge on any atom is -0.493 e. The monoisotopic (exact) mass is 478 g/mol. The summed E-state index contributed by atoms with van der Waals surface area (Å²) in [6, 6.07) is 10.4. The number of hydrogen-bond acceptors (Lipinski definition) is 6. The number of halogens is 3. The van der Waals surface area contributed by atoms with E-state index in [0.717, 1.165) is 39.8 Å². The van der Waals surface area contributed by atoms with Gasteiger partial charge in [0.15, 0.2) is 0 Å². The maximum atomic E-state index is 13.1. The molecule has 0 aliphatic carbocycles. The molecule has 0 radical (unpaired) electrons. The zero-order valence-corrected chi connectivity index (χ0v) is 17.9. The largest absolute Gasteiger partial charge is 0.501 e. The number of alkyl halides is 3. The third-order valence-electron chi connectivity index (χ3n) is 5.26. The van der Waals surface area contributed by atoms with E-state index in [4.69, 9.17) is 5.73 Å². The van der Waals surface area contributed by atoms with E-state index in [9.17, 15) is 31.5 Å². The lowest BCUT2D eigenvalue weighted by molar-refractivity contribution is -0.0436. The van der Waals surface area contributed by atoms with Crippen molar-refractivity contribution in [3.8, 4) is 11.6 Å². The Morgan fingerprint density at radius 3 is 2.39 bits per heavy atom. The van der Waals surface area contributed by atoms with Gasteiger partial charge in [0.1, 0.15) is 0 Å². The highest BCUT2D eigenvalue weighted by atomic mass is 32.2. The van der Waals surface area contributed by atoms with Crippen LogP contribution in [0.1, 0.15) is 11.3 Å². The molecule has 2 aromatic heterocycles. The highest BCUT2D eigenvalue weighted by Gasteiger charge is 2.46. The van der Waals surface area contributed by atoms with Crippen molar-refractivity contribution in [2.75, 3.05) is 5.73 Å². The molecule has 12 heteroatoms. The number of nitrogens with zero attached hydrogens (tertiary/aromatic N) is 3. The molecule has 0 saturated carbocycles. The molecule has 4 rings (SSSR count). The number of imidazole rings is 1. The van der Waals surface area contributed by atoms with Crippen molar-refractivity contribution < 1.29 is 26.7 Å². The molecule has 3 N–H and O–H groups in total. The highest BCUT2D eigenvalue weighted by Crippen LogP contribution is 2.31. The van der Waals surface area contributed by atoms with Crippen LogP contribution in [0.5, 0.6) is 5.88 Å². The van der Waals surface area contributed by atoms with Crippen molar-refractivity contribution in [3.63, 3.8) is 0 Å². The van der Waals surface area contributed by atoms with E-state index in [1.807, 2.05) is 0 Å². The fraction of sp³-hybridized carbons (Fsp3) is 0.143. The molecule has 0 unspecified atom stereocenters. The van der Waals surface area contributed by atoms with Crippen molar-refractivity contribution in [3.05, 3.63) is 76.5 Å². The quantitative estimate of drug-likeness (QED) is 0.435. The fourth-order valence-corrected chi connectivity index (χ4v) is 4.26. The van der Waals surface area contributed by atoms with Crippen LogP contribution in [0.3, 0.4) is 0 Å². The molecule has 33 heavy (non-hydrogen) atoms. The van der Waals surface area contributed by atoms with Crippen LogP contribution in [0.15, 0.2) is 64.4 Å². The number of nitrogens with two attached hydrogens (primary N) is 1. The van der Waals surface area contributed by atoms with Crippen LogP contribution in [0.4, 0.5) is 18.9 Å². The summed E-state index contributed by atoms with van der Waals surface area (Å²) < 4.78 is 63.6. The van der Waals surface area contributed by atoms with E-state index >= 15 is 0 Å². The average Bonchev–Trinajstić information content (AvgIpc) is 2.96. The van der Waals surface area contributed by atoms with Crippen molar-refractivity contribution in [1.29, 1.82) is 0 Å². The van der Waals surface area contributed by atoms with Gasteiger partial charge in [-0.05, 0) is 55.0 Å². The summed E-state index contributed by atoms with van der Waals surface area (Å²) in [6.45, 7) is 1.59. The lowest BCUT2D eigenvalue weighted by Crippen LogP contribution is -2.25. The van der Waals surface area contributed by atoms with E-state index in [-0.39, 0.29) is 17.9 Å². The average molecular weight is 478 g/mol. The molecular weight excluding hydrogens is 461 g/mol. The van der Waals surface area contributed by atoms with E-state index < -0.39 is 31.8 Å². The van der Waals surface area contributed by atoms with E-state index in [0.29, 0.717) is 11.2 Å². The minimum atomic E-state index is -5.53. The SMILES string of the molecule is Cc1c(O)n(-c2ccc(S(=O)(=O)C(F)(F)F)cc2)c(=O)n1Cc1ccnc2cc(N)ccc12. The second kappa shape index (κ2) is 7.66. The van der Waals surface area contributed by atoms with Crippen molar-refractivity contribution in [2.45, 2.75) is 23.9 Å². The molecule has 0 aliphatic heterocycles. The predicted molar refractivity (Wildman–Crippen MR) is 115 cm³/mol. The van der Waals surface area contributed by atoms with Crippen LogP contribution in [0, 0.1) is 6.92 Å². The van der Waals surface area contributed by atoms with Gasteiger partial charge in [-0.2, -0.15) is 13.2 Å². The van der Waals surface area contributed by atoms with Crippen LogP contribution in [-0.2, 0) is 16.4 Å². The number of fused-ring (bicyclic) bond motifs is 1. The van der Waals surface area contributed by atoms with Gasteiger partial charge in [-0.15, -0.1) is 0 Å². The van der Waals surface area contributed by atoms with Crippen LogP contribution in [0.25, 0.3) is 16.6 Å². The molecule has 0 spiro atoms.